The molecule has 0 spiro atoms. The fourth-order valence-corrected chi connectivity index (χ4v) is 8.02. The molecule has 0 saturated heterocycles. The van der Waals surface area contributed by atoms with Gasteiger partial charge in [-0.2, -0.15) is 0 Å². The highest BCUT2D eigenvalue weighted by molar-refractivity contribution is 6.22. The van der Waals surface area contributed by atoms with Gasteiger partial charge in [0.25, 0.3) is 0 Å². The zero-order chi connectivity index (χ0) is 33.1. The van der Waals surface area contributed by atoms with Crippen LogP contribution in [-0.4, -0.2) is 6.04 Å². The van der Waals surface area contributed by atoms with E-state index in [9.17, 15) is 0 Å². The van der Waals surface area contributed by atoms with Crippen molar-refractivity contribution >= 4 is 44.3 Å². The van der Waals surface area contributed by atoms with E-state index in [-0.39, 0.29) is 6.04 Å². The van der Waals surface area contributed by atoms with Crippen molar-refractivity contribution in [3.8, 4) is 22.3 Å². The molecule has 0 radical (unpaired) electrons. The van der Waals surface area contributed by atoms with E-state index in [1.807, 2.05) is 0 Å². The fraction of sp³-hybridized carbons (Fsp3) is 0.196. The summed E-state index contributed by atoms with van der Waals surface area (Å²) in [7, 11) is 0. The second-order valence-corrected chi connectivity index (χ2v) is 13.7. The molecule has 9 rings (SSSR count). The summed E-state index contributed by atoms with van der Waals surface area (Å²) >= 11 is 0. The van der Waals surface area contributed by atoms with E-state index in [1.165, 1.54) is 22.4 Å². The van der Waals surface area contributed by atoms with Crippen LogP contribution in [0.1, 0.15) is 55.9 Å². The van der Waals surface area contributed by atoms with Gasteiger partial charge < -0.3 is 13.7 Å². The molecule has 0 fully saturated rings. The molecule has 3 heterocycles. The first-order valence-electron chi connectivity index (χ1n) is 17.6. The molecule has 2 aliphatic rings. The molecule has 3 atom stereocenters. The Labute approximate surface area is 287 Å². The van der Waals surface area contributed by atoms with Crippen LogP contribution < -0.4 is 4.90 Å². The summed E-state index contributed by atoms with van der Waals surface area (Å²) in [5.41, 5.74) is 15.6. The molecule has 0 saturated carbocycles. The Morgan fingerprint density at radius 1 is 0.837 bits per heavy atom. The Bertz CT molecular complexity index is 2450. The minimum Gasteiger partial charge on any atom is -0.455 e. The lowest BCUT2D eigenvalue weighted by Crippen LogP contribution is -2.33. The Balaban J connectivity index is 1.30. The quantitative estimate of drug-likeness (QED) is 0.163. The standard InChI is InChI=1S/C46H39NO2/c1-4-29(2)23-24-40(47-38-21-13-11-19-34(38)35-20-12-14-22-39(35)47)45-30(3)43-41(48-45)25-26-42-44(43)37-28-33(31-15-7-5-8-16-31)27-36(46(37)49-42)32-17-9-6-10-18-32/h5-11,13-21,24-29,35,39H,4,22-23H2,1-3H3/b40-24+. The molecule has 0 amide bonds. The van der Waals surface area contributed by atoms with Gasteiger partial charge in [0.2, 0.25) is 0 Å². The van der Waals surface area contributed by atoms with E-state index < -0.39 is 0 Å². The second kappa shape index (κ2) is 11.9. The van der Waals surface area contributed by atoms with Gasteiger partial charge >= 0.3 is 0 Å². The number of hydrogen-bond acceptors (Lipinski definition) is 3. The van der Waals surface area contributed by atoms with Crippen LogP contribution >= 0.6 is 0 Å². The number of rotatable bonds is 7. The molecule has 0 bridgehead atoms. The Morgan fingerprint density at radius 2 is 1.55 bits per heavy atom. The van der Waals surface area contributed by atoms with Crippen LogP contribution in [0.15, 0.2) is 142 Å². The Hall–Kier alpha value is -5.50. The van der Waals surface area contributed by atoms with Crippen molar-refractivity contribution in [3.63, 3.8) is 0 Å². The molecule has 49 heavy (non-hydrogen) atoms. The second-order valence-electron chi connectivity index (χ2n) is 13.7. The summed E-state index contributed by atoms with van der Waals surface area (Å²) in [6, 6.07) is 39.1. The van der Waals surface area contributed by atoms with E-state index in [2.05, 4.69) is 159 Å². The smallest absolute Gasteiger partial charge is 0.154 e. The summed E-state index contributed by atoms with van der Waals surface area (Å²) in [5.74, 6) is 1.81. The number of aryl methyl sites for hydroxylation is 1. The summed E-state index contributed by atoms with van der Waals surface area (Å²) in [5, 5.41) is 3.34. The molecule has 3 unspecified atom stereocenters. The number of allylic oxidation sites excluding steroid dienone is 1. The minimum atomic E-state index is 0.283. The third kappa shape index (κ3) is 4.80. The van der Waals surface area contributed by atoms with Crippen molar-refractivity contribution in [1.82, 2.24) is 0 Å². The molecule has 3 heteroatoms. The van der Waals surface area contributed by atoms with E-state index in [4.69, 9.17) is 8.83 Å². The third-order valence-corrected chi connectivity index (χ3v) is 10.8. The van der Waals surface area contributed by atoms with Crippen LogP contribution in [0.2, 0.25) is 0 Å². The molecule has 5 aromatic carbocycles. The number of benzene rings is 5. The molecular weight excluding hydrogens is 599 g/mol. The predicted octanol–water partition coefficient (Wildman–Crippen LogP) is 12.8. The van der Waals surface area contributed by atoms with E-state index in [0.717, 1.165) is 80.3 Å². The van der Waals surface area contributed by atoms with Gasteiger partial charge in [-0.15, -0.1) is 5.73 Å². The summed E-state index contributed by atoms with van der Waals surface area (Å²) in [4.78, 5) is 2.56. The highest BCUT2D eigenvalue weighted by atomic mass is 16.3. The topological polar surface area (TPSA) is 29.5 Å². The molecule has 7 aromatic rings. The first-order chi connectivity index (χ1) is 24.1. The van der Waals surface area contributed by atoms with Crippen molar-refractivity contribution in [2.45, 2.75) is 52.0 Å². The van der Waals surface area contributed by atoms with Crippen LogP contribution in [0.4, 0.5) is 5.69 Å². The van der Waals surface area contributed by atoms with Gasteiger partial charge in [-0.05, 0) is 90.4 Å². The molecule has 0 N–H and O–H groups in total. The summed E-state index contributed by atoms with van der Waals surface area (Å²) in [6.45, 7) is 6.84. The van der Waals surface area contributed by atoms with Crippen molar-refractivity contribution in [2.24, 2.45) is 5.92 Å². The largest absolute Gasteiger partial charge is 0.455 e. The molecule has 1 aliphatic carbocycles. The maximum Gasteiger partial charge on any atom is 0.154 e. The van der Waals surface area contributed by atoms with E-state index >= 15 is 0 Å². The summed E-state index contributed by atoms with van der Waals surface area (Å²) < 4.78 is 13.8. The number of para-hydroxylation sites is 1. The van der Waals surface area contributed by atoms with Crippen molar-refractivity contribution in [3.05, 3.63) is 150 Å². The van der Waals surface area contributed by atoms with Gasteiger partial charge in [0.05, 0.1) is 5.70 Å². The zero-order valence-corrected chi connectivity index (χ0v) is 28.2. The van der Waals surface area contributed by atoms with E-state index in [0.29, 0.717) is 11.8 Å². The highest BCUT2D eigenvalue weighted by Crippen LogP contribution is 2.50. The van der Waals surface area contributed by atoms with Gasteiger partial charge in [-0.3, -0.25) is 0 Å². The van der Waals surface area contributed by atoms with Gasteiger partial charge in [-0.1, -0.05) is 105 Å². The van der Waals surface area contributed by atoms with Gasteiger partial charge in [0.1, 0.15) is 16.7 Å². The summed E-state index contributed by atoms with van der Waals surface area (Å²) in [6.07, 6.45) is 9.93. The third-order valence-electron chi connectivity index (χ3n) is 10.8. The molecular formula is C46H39NO2. The minimum absolute atomic E-state index is 0.283. The highest BCUT2D eigenvalue weighted by Gasteiger charge is 2.40. The van der Waals surface area contributed by atoms with Gasteiger partial charge in [-0.25, -0.2) is 0 Å². The number of fused-ring (bicyclic) bond motifs is 8. The lowest BCUT2D eigenvalue weighted by atomic mass is 9.90. The fourth-order valence-electron chi connectivity index (χ4n) is 8.02. The monoisotopic (exact) mass is 637 g/mol. The predicted molar refractivity (Wildman–Crippen MR) is 204 cm³/mol. The molecule has 3 nitrogen and oxygen atoms in total. The number of anilines is 1. The van der Waals surface area contributed by atoms with Crippen LogP contribution in [0.3, 0.4) is 0 Å². The number of nitrogens with zero attached hydrogens (tertiary/aromatic N) is 1. The van der Waals surface area contributed by atoms with Crippen molar-refractivity contribution < 1.29 is 8.83 Å². The first-order valence-corrected chi connectivity index (χ1v) is 17.6. The Kier molecular flexibility index (Phi) is 7.18. The maximum absolute atomic E-state index is 7.00. The van der Waals surface area contributed by atoms with Gasteiger partial charge in [0, 0.05) is 44.9 Å². The zero-order valence-electron chi connectivity index (χ0n) is 28.2. The van der Waals surface area contributed by atoms with Crippen LogP contribution in [-0.2, 0) is 0 Å². The van der Waals surface area contributed by atoms with Crippen LogP contribution in [0.25, 0.3) is 60.9 Å². The number of hydrogen-bond donors (Lipinski definition) is 0. The average Bonchev–Trinajstić information content (AvgIpc) is 3.81. The van der Waals surface area contributed by atoms with Gasteiger partial charge in [0.15, 0.2) is 5.76 Å². The molecule has 2 aromatic heterocycles. The Morgan fingerprint density at radius 3 is 2.33 bits per heavy atom. The molecule has 1 aliphatic heterocycles. The molecule has 240 valence electrons. The average molecular weight is 638 g/mol. The first kappa shape index (κ1) is 29.6. The maximum atomic E-state index is 7.00. The van der Waals surface area contributed by atoms with Crippen LogP contribution in [0, 0.1) is 12.8 Å². The van der Waals surface area contributed by atoms with E-state index in [1.54, 1.807) is 0 Å². The van der Waals surface area contributed by atoms with Crippen molar-refractivity contribution in [2.75, 3.05) is 4.90 Å². The lowest BCUT2D eigenvalue weighted by Gasteiger charge is -2.31. The number of furan rings is 2. The lowest BCUT2D eigenvalue weighted by molar-refractivity contribution is 0.561. The van der Waals surface area contributed by atoms with Crippen LogP contribution in [0.5, 0.6) is 0 Å². The SMILES string of the molecule is CCC(C)C/C=C(\c1oc2ccc3oc4c(-c5ccccc5)cc(-c5ccccc5)cc4c3c2c1C)N1c2ccccc2C2C=C=CCC21. The van der Waals surface area contributed by atoms with Crippen molar-refractivity contribution in [1.29, 1.82) is 0 Å². The normalized spacial score (nSPS) is 17.7.